The minimum absolute atomic E-state index is 0.0506. The van der Waals surface area contributed by atoms with Crippen LogP contribution in [0.3, 0.4) is 0 Å². The molecule has 9 heteroatoms. The summed E-state index contributed by atoms with van der Waals surface area (Å²) < 4.78 is 27.2. The van der Waals surface area contributed by atoms with Crippen molar-refractivity contribution >= 4 is 16.0 Å². The van der Waals surface area contributed by atoms with E-state index in [1.165, 1.54) is 10.5 Å². The van der Waals surface area contributed by atoms with Crippen LogP contribution in [-0.4, -0.2) is 57.9 Å². The highest BCUT2D eigenvalue weighted by atomic mass is 32.2. The van der Waals surface area contributed by atoms with Gasteiger partial charge < -0.3 is 10.2 Å². The van der Waals surface area contributed by atoms with Gasteiger partial charge in [0.2, 0.25) is 10.0 Å². The molecule has 0 aliphatic rings. The summed E-state index contributed by atoms with van der Waals surface area (Å²) in [7, 11) is -3.74. The maximum Gasteiger partial charge on any atom is 0.325 e. The molecule has 0 unspecified atom stereocenters. The number of carbonyl (C=O) groups is 1. The fourth-order valence-electron chi connectivity index (χ4n) is 1.72. The van der Waals surface area contributed by atoms with Gasteiger partial charge in [-0.15, -0.1) is 0 Å². The molecule has 20 heavy (non-hydrogen) atoms. The average molecular weight is 305 g/mol. The molecule has 1 aromatic rings. The van der Waals surface area contributed by atoms with Crippen LogP contribution in [0.15, 0.2) is 17.3 Å². The number of carboxylic acid groups (broad SMARTS) is 1. The molecule has 0 fully saturated rings. The quantitative estimate of drug-likeness (QED) is 0.685. The summed E-state index contributed by atoms with van der Waals surface area (Å²) >= 11 is 0. The Bertz CT molecular complexity index is 552. The zero-order valence-electron chi connectivity index (χ0n) is 11.4. The van der Waals surface area contributed by atoms with Crippen LogP contribution in [0.4, 0.5) is 0 Å². The van der Waals surface area contributed by atoms with Crippen molar-refractivity contribution in [2.24, 2.45) is 0 Å². The van der Waals surface area contributed by atoms with Crippen molar-refractivity contribution in [1.29, 1.82) is 0 Å². The van der Waals surface area contributed by atoms with Crippen molar-refractivity contribution in [2.75, 3.05) is 13.2 Å². The van der Waals surface area contributed by atoms with Crippen LogP contribution in [-0.2, 0) is 21.4 Å². The SMILES string of the molecule is CC(C)N(CCCO)S(=O)(=O)c1cnn(CC(=O)O)c1. The van der Waals surface area contributed by atoms with E-state index in [0.29, 0.717) is 6.42 Å². The number of rotatable bonds is 8. The summed E-state index contributed by atoms with van der Waals surface area (Å²) in [4.78, 5) is 10.5. The van der Waals surface area contributed by atoms with Crippen molar-refractivity contribution in [1.82, 2.24) is 14.1 Å². The summed E-state index contributed by atoms with van der Waals surface area (Å²) in [6, 6.07) is -0.269. The second-order valence-electron chi connectivity index (χ2n) is 4.55. The Morgan fingerprint density at radius 2 is 2.15 bits per heavy atom. The van der Waals surface area contributed by atoms with Gasteiger partial charge in [-0.3, -0.25) is 9.48 Å². The summed E-state index contributed by atoms with van der Waals surface area (Å²) in [6.45, 7) is 3.17. The number of carboxylic acids is 1. The molecular formula is C11H19N3O5S. The second-order valence-corrected chi connectivity index (χ2v) is 6.44. The number of aromatic nitrogens is 2. The van der Waals surface area contributed by atoms with Gasteiger partial charge in [0.05, 0.1) is 6.20 Å². The number of hydrogen-bond donors (Lipinski definition) is 2. The monoisotopic (exact) mass is 305 g/mol. The van der Waals surface area contributed by atoms with Gasteiger partial charge in [0.15, 0.2) is 0 Å². The largest absolute Gasteiger partial charge is 0.480 e. The number of aliphatic carboxylic acids is 1. The Balaban J connectivity index is 3.00. The van der Waals surface area contributed by atoms with Gasteiger partial charge in [-0.25, -0.2) is 8.42 Å². The van der Waals surface area contributed by atoms with Crippen LogP contribution in [0.2, 0.25) is 0 Å². The molecule has 0 amide bonds. The first-order valence-corrected chi connectivity index (χ1v) is 7.60. The highest BCUT2D eigenvalue weighted by molar-refractivity contribution is 7.89. The molecule has 0 radical (unpaired) electrons. The first-order valence-electron chi connectivity index (χ1n) is 6.16. The van der Waals surface area contributed by atoms with Crippen LogP contribution < -0.4 is 0 Å². The third-order valence-electron chi connectivity index (χ3n) is 2.63. The Labute approximate surface area is 117 Å². The van der Waals surface area contributed by atoms with Crippen LogP contribution in [0, 0.1) is 0 Å². The number of aliphatic hydroxyl groups excluding tert-OH is 1. The molecule has 1 heterocycles. The lowest BCUT2D eigenvalue weighted by molar-refractivity contribution is -0.137. The van der Waals surface area contributed by atoms with Crippen molar-refractivity contribution in [3.8, 4) is 0 Å². The summed E-state index contributed by atoms with van der Waals surface area (Å²) in [5.74, 6) is -1.10. The van der Waals surface area contributed by atoms with Gasteiger partial charge >= 0.3 is 5.97 Å². The summed E-state index contributed by atoms with van der Waals surface area (Å²) in [5.41, 5.74) is 0. The first kappa shape index (κ1) is 16.6. The Morgan fingerprint density at radius 1 is 1.50 bits per heavy atom. The predicted octanol–water partition coefficient (Wildman–Crippen LogP) is -0.251. The fourth-order valence-corrected chi connectivity index (χ4v) is 3.35. The molecule has 0 spiro atoms. The number of nitrogens with zero attached hydrogens (tertiary/aromatic N) is 3. The van der Waals surface area contributed by atoms with Gasteiger partial charge in [-0.2, -0.15) is 9.40 Å². The molecule has 0 saturated heterocycles. The molecule has 0 atom stereocenters. The summed E-state index contributed by atoms with van der Waals surface area (Å²) in [6.07, 6.45) is 2.66. The van der Waals surface area contributed by atoms with E-state index in [1.807, 2.05) is 0 Å². The Hall–Kier alpha value is -1.45. The molecule has 0 aromatic carbocycles. The van der Waals surface area contributed by atoms with Crippen molar-refractivity contribution < 1.29 is 23.4 Å². The number of sulfonamides is 1. The molecule has 0 bridgehead atoms. The third-order valence-corrected chi connectivity index (χ3v) is 4.65. The van der Waals surface area contributed by atoms with Gasteiger partial charge in [0, 0.05) is 25.4 Å². The second kappa shape index (κ2) is 6.82. The zero-order valence-corrected chi connectivity index (χ0v) is 12.2. The lowest BCUT2D eigenvalue weighted by Gasteiger charge is -2.24. The smallest absolute Gasteiger partial charge is 0.325 e. The van der Waals surface area contributed by atoms with Gasteiger partial charge in [0.25, 0.3) is 0 Å². The van der Waals surface area contributed by atoms with E-state index < -0.39 is 22.5 Å². The Kier molecular flexibility index (Phi) is 5.66. The van der Waals surface area contributed by atoms with Crippen LogP contribution in [0.1, 0.15) is 20.3 Å². The maximum atomic E-state index is 12.4. The van der Waals surface area contributed by atoms with Crippen molar-refractivity contribution in [2.45, 2.75) is 37.8 Å². The lowest BCUT2D eigenvalue weighted by Crippen LogP contribution is -2.37. The van der Waals surface area contributed by atoms with Gasteiger partial charge in [0.1, 0.15) is 11.4 Å². The summed E-state index contributed by atoms with van der Waals surface area (Å²) in [5, 5.41) is 21.2. The van der Waals surface area contributed by atoms with Crippen LogP contribution in [0.25, 0.3) is 0 Å². The fraction of sp³-hybridized carbons (Fsp3) is 0.636. The molecular weight excluding hydrogens is 286 g/mol. The van der Waals surface area contributed by atoms with E-state index in [-0.39, 0.29) is 24.1 Å². The van der Waals surface area contributed by atoms with Crippen molar-refractivity contribution in [3.05, 3.63) is 12.4 Å². The molecule has 1 rings (SSSR count). The van der Waals surface area contributed by atoms with Gasteiger partial charge in [-0.1, -0.05) is 0 Å². The molecule has 8 nitrogen and oxygen atoms in total. The van der Waals surface area contributed by atoms with Crippen molar-refractivity contribution in [3.63, 3.8) is 0 Å². The zero-order chi connectivity index (χ0) is 15.3. The van der Waals surface area contributed by atoms with Crippen LogP contribution >= 0.6 is 0 Å². The molecule has 0 saturated carbocycles. The minimum atomic E-state index is -3.74. The molecule has 1 aromatic heterocycles. The average Bonchev–Trinajstić information content (AvgIpc) is 2.77. The van der Waals surface area contributed by atoms with E-state index in [2.05, 4.69) is 5.10 Å². The topological polar surface area (TPSA) is 113 Å². The number of aliphatic hydroxyl groups is 1. The van der Waals surface area contributed by atoms with Gasteiger partial charge in [-0.05, 0) is 20.3 Å². The molecule has 2 N–H and O–H groups in total. The third kappa shape index (κ3) is 4.02. The standard InChI is InChI=1S/C11H19N3O5S/c1-9(2)14(4-3-5-15)20(18,19)10-6-12-13(7-10)8-11(16)17/h6-7,9,15H,3-5,8H2,1-2H3,(H,16,17). The van der Waals surface area contributed by atoms with E-state index >= 15 is 0 Å². The maximum absolute atomic E-state index is 12.4. The molecule has 114 valence electrons. The molecule has 0 aliphatic heterocycles. The minimum Gasteiger partial charge on any atom is -0.480 e. The van der Waals surface area contributed by atoms with E-state index in [9.17, 15) is 13.2 Å². The highest BCUT2D eigenvalue weighted by Crippen LogP contribution is 2.17. The number of hydrogen-bond acceptors (Lipinski definition) is 5. The normalized spacial score (nSPS) is 12.2. The highest BCUT2D eigenvalue weighted by Gasteiger charge is 2.28. The van der Waals surface area contributed by atoms with E-state index in [4.69, 9.17) is 10.2 Å². The predicted molar refractivity (Wildman–Crippen MR) is 70.6 cm³/mol. The van der Waals surface area contributed by atoms with Crippen LogP contribution in [0.5, 0.6) is 0 Å². The molecule has 0 aliphatic carbocycles. The lowest BCUT2D eigenvalue weighted by atomic mass is 10.3. The Morgan fingerprint density at radius 3 is 2.65 bits per heavy atom. The van der Waals surface area contributed by atoms with E-state index in [1.54, 1.807) is 13.8 Å². The first-order chi connectivity index (χ1) is 9.28. The van der Waals surface area contributed by atoms with E-state index in [0.717, 1.165) is 10.9 Å².